The lowest BCUT2D eigenvalue weighted by Gasteiger charge is -2.31. The van der Waals surface area contributed by atoms with Crippen LogP contribution >= 0.6 is 46.4 Å². The summed E-state index contributed by atoms with van der Waals surface area (Å²) in [7, 11) is -7.67. The van der Waals surface area contributed by atoms with E-state index in [0.29, 0.717) is 35.7 Å². The summed E-state index contributed by atoms with van der Waals surface area (Å²) in [4.78, 5) is 12.9. The Morgan fingerprint density at radius 1 is 0.897 bits per heavy atom. The molecule has 0 spiro atoms. The molecule has 1 saturated heterocycles. The van der Waals surface area contributed by atoms with Crippen molar-refractivity contribution in [3.05, 3.63) is 86.3 Å². The SMILES string of the molecule is O=C(Nc1ccc(S(=O)(=O)Nc2cccc(Cl)c2Cl)cc1)C1CCCN(S(=O)(=O)Cc2ccc(Cl)c(Cl)c2)C1. The molecule has 2 N–H and O–H groups in total. The molecular formula is C25H23Cl4N3O5S2. The molecule has 4 rings (SSSR count). The van der Waals surface area contributed by atoms with Crippen LogP contribution in [0.3, 0.4) is 0 Å². The van der Waals surface area contributed by atoms with Gasteiger partial charge in [0.25, 0.3) is 10.0 Å². The van der Waals surface area contributed by atoms with E-state index < -0.39 is 26.0 Å². The Hall–Kier alpha value is -2.05. The van der Waals surface area contributed by atoms with Crippen molar-refractivity contribution in [2.24, 2.45) is 5.92 Å². The van der Waals surface area contributed by atoms with E-state index in [1.165, 1.54) is 46.8 Å². The summed E-state index contributed by atoms with van der Waals surface area (Å²) >= 11 is 24.0. The summed E-state index contributed by atoms with van der Waals surface area (Å²) in [5.41, 5.74) is 1.01. The number of nitrogens with one attached hydrogen (secondary N) is 2. The van der Waals surface area contributed by atoms with Crippen molar-refractivity contribution in [3.8, 4) is 0 Å². The number of nitrogens with zero attached hydrogens (tertiary/aromatic N) is 1. The first-order valence-electron chi connectivity index (χ1n) is 11.7. The third-order valence-electron chi connectivity index (χ3n) is 6.11. The molecule has 1 amide bonds. The number of sulfonamides is 2. The molecule has 0 radical (unpaired) electrons. The van der Waals surface area contributed by atoms with Crippen molar-refractivity contribution >= 4 is 83.7 Å². The van der Waals surface area contributed by atoms with E-state index in [9.17, 15) is 21.6 Å². The van der Waals surface area contributed by atoms with Gasteiger partial charge in [-0.3, -0.25) is 9.52 Å². The highest BCUT2D eigenvalue weighted by atomic mass is 35.5. The van der Waals surface area contributed by atoms with E-state index in [2.05, 4.69) is 10.0 Å². The molecule has 1 unspecified atom stereocenters. The van der Waals surface area contributed by atoms with Gasteiger partial charge < -0.3 is 5.32 Å². The fourth-order valence-corrected chi connectivity index (χ4v) is 7.48. The van der Waals surface area contributed by atoms with Gasteiger partial charge in [0, 0.05) is 18.8 Å². The maximum atomic E-state index is 13.0. The summed E-state index contributed by atoms with van der Waals surface area (Å²) in [6.07, 6.45) is 1.04. The van der Waals surface area contributed by atoms with Crippen molar-refractivity contribution in [2.75, 3.05) is 23.1 Å². The molecule has 208 valence electrons. The minimum Gasteiger partial charge on any atom is -0.326 e. The Balaban J connectivity index is 1.39. The second-order valence-corrected chi connectivity index (χ2v) is 14.2. The zero-order valence-electron chi connectivity index (χ0n) is 20.2. The van der Waals surface area contributed by atoms with Gasteiger partial charge >= 0.3 is 0 Å². The topological polar surface area (TPSA) is 113 Å². The summed E-state index contributed by atoms with van der Waals surface area (Å²) in [5, 5.41) is 3.63. The maximum absolute atomic E-state index is 13.0. The van der Waals surface area contributed by atoms with E-state index in [1.54, 1.807) is 18.2 Å². The third-order valence-corrected chi connectivity index (χ3v) is 10.9. The van der Waals surface area contributed by atoms with Crippen molar-refractivity contribution in [1.82, 2.24) is 4.31 Å². The second-order valence-electron chi connectivity index (χ2n) is 8.92. The van der Waals surface area contributed by atoms with Crippen molar-refractivity contribution < 1.29 is 21.6 Å². The number of hydrogen-bond donors (Lipinski definition) is 2. The normalized spacial score (nSPS) is 16.6. The third kappa shape index (κ3) is 7.38. The van der Waals surface area contributed by atoms with Gasteiger partial charge in [-0.05, 0) is 66.9 Å². The van der Waals surface area contributed by atoms with Crippen LogP contribution in [0, 0.1) is 5.92 Å². The number of piperidine rings is 1. The zero-order chi connectivity index (χ0) is 28.4. The second kappa shape index (κ2) is 12.2. The molecule has 0 aliphatic carbocycles. The highest BCUT2D eigenvalue weighted by Gasteiger charge is 2.32. The lowest BCUT2D eigenvalue weighted by molar-refractivity contribution is -0.120. The molecular weight excluding hydrogens is 628 g/mol. The van der Waals surface area contributed by atoms with Crippen LogP contribution in [0.4, 0.5) is 11.4 Å². The Kier molecular flexibility index (Phi) is 9.37. The number of benzene rings is 3. The van der Waals surface area contributed by atoms with Crippen molar-refractivity contribution in [1.29, 1.82) is 0 Å². The Bertz CT molecular complexity index is 1600. The number of amides is 1. The molecule has 1 aliphatic rings. The fraction of sp³-hybridized carbons (Fsp3) is 0.240. The number of carbonyl (C=O) groups excluding carboxylic acids is 1. The van der Waals surface area contributed by atoms with Gasteiger partial charge in [-0.1, -0.05) is 58.5 Å². The molecule has 1 fully saturated rings. The van der Waals surface area contributed by atoms with E-state index in [4.69, 9.17) is 46.4 Å². The van der Waals surface area contributed by atoms with Crippen LogP contribution in [-0.2, 0) is 30.6 Å². The van der Waals surface area contributed by atoms with Gasteiger partial charge in [0.05, 0.1) is 42.3 Å². The smallest absolute Gasteiger partial charge is 0.261 e. The molecule has 39 heavy (non-hydrogen) atoms. The monoisotopic (exact) mass is 649 g/mol. The van der Waals surface area contributed by atoms with Crippen molar-refractivity contribution in [2.45, 2.75) is 23.5 Å². The van der Waals surface area contributed by atoms with Gasteiger partial charge in [-0.2, -0.15) is 0 Å². The average Bonchev–Trinajstić information content (AvgIpc) is 2.89. The van der Waals surface area contributed by atoms with E-state index in [1.807, 2.05) is 0 Å². The molecule has 3 aromatic rings. The molecule has 0 saturated carbocycles. The van der Waals surface area contributed by atoms with Gasteiger partial charge in [-0.15, -0.1) is 0 Å². The van der Waals surface area contributed by atoms with Crippen molar-refractivity contribution in [3.63, 3.8) is 0 Å². The number of carbonyl (C=O) groups is 1. The van der Waals surface area contributed by atoms with Crippen LogP contribution in [0.5, 0.6) is 0 Å². The average molecular weight is 651 g/mol. The van der Waals surface area contributed by atoms with E-state index >= 15 is 0 Å². The zero-order valence-corrected chi connectivity index (χ0v) is 24.9. The summed E-state index contributed by atoms with van der Waals surface area (Å²) in [6.45, 7) is 0.343. The Morgan fingerprint density at radius 3 is 2.31 bits per heavy atom. The summed E-state index contributed by atoms with van der Waals surface area (Å²) < 4.78 is 55.3. The lowest BCUT2D eigenvalue weighted by Crippen LogP contribution is -2.44. The number of hydrogen-bond acceptors (Lipinski definition) is 5. The minimum atomic E-state index is -3.97. The largest absolute Gasteiger partial charge is 0.326 e. The molecule has 14 heteroatoms. The van der Waals surface area contributed by atoms with Crippen LogP contribution in [0.15, 0.2) is 65.6 Å². The summed E-state index contributed by atoms with van der Waals surface area (Å²) in [5.74, 6) is -1.19. The fourth-order valence-electron chi connectivity index (χ4n) is 4.09. The first-order valence-corrected chi connectivity index (χ1v) is 16.3. The molecule has 1 aliphatic heterocycles. The molecule has 0 bridgehead atoms. The predicted octanol–water partition coefficient (Wildman–Crippen LogP) is 6.28. The molecule has 1 atom stereocenters. The first kappa shape index (κ1) is 29.9. The van der Waals surface area contributed by atoms with Crippen LogP contribution < -0.4 is 10.0 Å². The van der Waals surface area contributed by atoms with Crippen LogP contribution in [0.25, 0.3) is 0 Å². The van der Waals surface area contributed by atoms with Gasteiger partial charge in [-0.25, -0.2) is 21.1 Å². The lowest BCUT2D eigenvalue weighted by atomic mass is 9.99. The number of rotatable bonds is 8. The minimum absolute atomic E-state index is 0.0340. The Labute approximate surface area is 247 Å². The standard InChI is InChI=1S/C25H23Cl4N3O5S2/c26-20-11-6-16(13-22(20)28)15-38(34,35)32-12-2-3-17(14-32)25(33)30-18-7-9-19(10-8-18)39(36,37)31-23-5-1-4-21(27)24(23)29/h1,4-11,13,17,31H,2-3,12,14-15H2,(H,30,33). The molecule has 1 heterocycles. The van der Waals surface area contributed by atoms with Gasteiger partial charge in [0.15, 0.2) is 0 Å². The Morgan fingerprint density at radius 2 is 1.62 bits per heavy atom. The molecule has 0 aromatic heterocycles. The van der Waals surface area contributed by atoms with Gasteiger partial charge in [0.2, 0.25) is 15.9 Å². The predicted molar refractivity (Wildman–Crippen MR) is 156 cm³/mol. The highest BCUT2D eigenvalue weighted by Crippen LogP contribution is 2.31. The van der Waals surface area contributed by atoms with Crippen LogP contribution in [-0.4, -0.2) is 40.1 Å². The maximum Gasteiger partial charge on any atom is 0.261 e. The van der Waals surface area contributed by atoms with Crippen LogP contribution in [0.1, 0.15) is 18.4 Å². The molecule has 8 nitrogen and oxygen atoms in total. The summed E-state index contributed by atoms with van der Waals surface area (Å²) in [6, 6.07) is 14.8. The quantitative estimate of drug-likeness (QED) is 0.298. The van der Waals surface area contributed by atoms with E-state index in [0.717, 1.165) is 0 Å². The first-order chi connectivity index (χ1) is 18.4. The highest BCUT2D eigenvalue weighted by molar-refractivity contribution is 7.92. The number of anilines is 2. The van der Waals surface area contributed by atoms with Gasteiger partial charge in [0.1, 0.15) is 0 Å². The van der Waals surface area contributed by atoms with E-state index in [-0.39, 0.29) is 43.9 Å². The van der Waals surface area contributed by atoms with Crippen LogP contribution in [0.2, 0.25) is 20.1 Å². The number of halogens is 4. The molecule has 3 aromatic carbocycles.